The maximum Gasteiger partial charge on any atom is 0.298 e. The molecule has 0 spiro atoms. The van der Waals surface area contributed by atoms with E-state index in [1.807, 2.05) is 85.2 Å². The molecule has 0 radical (unpaired) electrons. The summed E-state index contributed by atoms with van der Waals surface area (Å²) in [6.07, 6.45) is 4.64. The zero-order valence-electron chi connectivity index (χ0n) is 22.2. The van der Waals surface area contributed by atoms with E-state index in [0.29, 0.717) is 17.3 Å². The first-order valence-corrected chi connectivity index (χ1v) is 13.0. The summed E-state index contributed by atoms with van der Waals surface area (Å²) < 4.78 is 3.94. The van der Waals surface area contributed by atoms with Gasteiger partial charge in [0.05, 0.1) is 0 Å². The number of amides is 1. The van der Waals surface area contributed by atoms with E-state index in [0.717, 1.165) is 40.1 Å². The van der Waals surface area contributed by atoms with E-state index in [1.165, 1.54) is 0 Å². The molecule has 0 saturated heterocycles. The molecule has 0 aliphatic carbocycles. The molecule has 0 aliphatic heterocycles. The average Bonchev–Trinajstić information content (AvgIpc) is 3.50. The molecule has 5 rings (SSSR count). The summed E-state index contributed by atoms with van der Waals surface area (Å²) in [5, 5.41) is 2.86. The SMILES string of the molecule is CCC(c1cccc(NC(=O)C(=O)c2c(-c3ccccc3)cc3ccccn23)c1)c1cnc(C(C)C)n1C. The summed E-state index contributed by atoms with van der Waals surface area (Å²) in [5.41, 5.74) is 5.60. The molecule has 1 N–H and O–H groups in total. The average molecular weight is 505 g/mol. The topological polar surface area (TPSA) is 68.4 Å². The number of aromatic nitrogens is 3. The lowest BCUT2D eigenvalue weighted by molar-refractivity contribution is -0.112. The third-order valence-corrected chi connectivity index (χ3v) is 7.07. The lowest BCUT2D eigenvalue weighted by atomic mass is 9.93. The second-order valence-corrected chi connectivity index (χ2v) is 9.89. The summed E-state index contributed by atoms with van der Waals surface area (Å²) in [6, 6.07) is 25.1. The number of nitrogens with zero attached hydrogens (tertiary/aromatic N) is 3. The normalized spacial score (nSPS) is 12.1. The number of imidazole rings is 1. The number of Topliss-reactive ketones (excluding diaryl/α,β-unsaturated/α-hetero) is 1. The highest BCUT2D eigenvalue weighted by Crippen LogP contribution is 2.32. The van der Waals surface area contributed by atoms with E-state index >= 15 is 0 Å². The largest absolute Gasteiger partial charge is 0.334 e. The van der Waals surface area contributed by atoms with Gasteiger partial charge in [0.15, 0.2) is 0 Å². The van der Waals surface area contributed by atoms with Gasteiger partial charge < -0.3 is 14.3 Å². The van der Waals surface area contributed by atoms with Gasteiger partial charge >= 0.3 is 0 Å². The molecule has 0 saturated carbocycles. The van der Waals surface area contributed by atoms with E-state index in [9.17, 15) is 9.59 Å². The first kappa shape index (κ1) is 25.2. The van der Waals surface area contributed by atoms with Gasteiger partial charge in [-0.15, -0.1) is 0 Å². The summed E-state index contributed by atoms with van der Waals surface area (Å²) in [5.74, 6) is 0.238. The summed E-state index contributed by atoms with van der Waals surface area (Å²) >= 11 is 0. The van der Waals surface area contributed by atoms with Gasteiger partial charge in [0.2, 0.25) is 0 Å². The van der Waals surface area contributed by atoms with Crippen molar-refractivity contribution in [3.8, 4) is 11.1 Å². The molecule has 6 heteroatoms. The molecular weight excluding hydrogens is 472 g/mol. The van der Waals surface area contributed by atoms with Gasteiger partial charge in [-0.1, -0.05) is 69.3 Å². The van der Waals surface area contributed by atoms with Crippen molar-refractivity contribution < 1.29 is 9.59 Å². The standard InChI is InChI=1S/C32H32N4O2/c1-5-26(28-20-33-31(21(2)3)35(28)4)23-14-11-15-24(18-23)34-32(38)30(37)29-27(22-12-7-6-8-13-22)19-25-16-9-10-17-36(25)29/h6-21,26H,5H2,1-4H3,(H,34,38). The minimum absolute atomic E-state index is 0.117. The monoisotopic (exact) mass is 504 g/mol. The number of carbonyl (C=O) groups excluding carboxylic acids is 2. The molecule has 0 bridgehead atoms. The summed E-state index contributed by atoms with van der Waals surface area (Å²) in [6.45, 7) is 6.42. The molecule has 0 fully saturated rings. The van der Waals surface area contributed by atoms with Crippen molar-refractivity contribution in [2.45, 2.75) is 39.0 Å². The first-order valence-electron chi connectivity index (χ1n) is 13.0. The lowest BCUT2D eigenvalue weighted by Gasteiger charge is -2.18. The van der Waals surface area contributed by atoms with Gasteiger partial charge in [0.25, 0.3) is 11.7 Å². The van der Waals surface area contributed by atoms with Crippen LogP contribution in [0.15, 0.2) is 91.3 Å². The smallest absolute Gasteiger partial charge is 0.298 e. The first-order chi connectivity index (χ1) is 18.4. The maximum atomic E-state index is 13.6. The molecule has 5 aromatic rings. The number of carbonyl (C=O) groups is 2. The zero-order valence-corrected chi connectivity index (χ0v) is 22.2. The molecule has 3 aromatic heterocycles. The molecular formula is C32H32N4O2. The van der Waals surface area contributed by atoms with E-state index in [4.69, 9.17) is 0 Å². The molecule has 1 atom stereocenters. The maximum absolute atomic E-state index is 13.6. The van der Waals surface area contributed by atoms with Crippen LogP contribution in [0.5, 0.6) is 0 Å². The Labute approximate surface area is 223 Å². The van der Waals surface area contributed by atoms with Crippen LogP contribution < -0.4 is 5.32 Å². The Balaban J connectivity index is 1.45. The van der Waals surface area contributed by atoms with Crippen molar-refractivity contribution in [1.29, 1.82) is 0 Å². The molecule has 3 heterocycles. The Morgan fingerprint density at radius 3 is 2.42 bits per heavy atom. The highest BCUT2D eigenvalue weighted by molar-refractivity contribution is 6.47. The number of pyridine rings is 1. The zero-order chi connectivity index (χ0) is 26.8. The number of anilines is 1. The van der Waals surface area contributed by atoms with E-state index in [2.05, 4.69) is 48.8 Å². The van der Waals surface area contributed by atoms with Gasteiger partial charge in [-0.05, 0) is 47.9 Å². The number of hydrogen-bond acceptors (Lipinski definition) is 3. The van der Waals surface area contributed by atoms with Crippen LogP contribution >= 0.6 is 0 Å². The van der Waals surface area contributed by atoms with Crippen LogP contribution in [0, 0.1) is 0 Å². The van der Waals surface area contributed by atoms with Gasteiger partial charge in [-0.25, -0.2) is 4.98 Å². The molecule has 0 aliphatic rings. The molecule has 1 amide bonds. The van der Waals surface area contributed by atoms with Gasteiger partial charge in [0.1, 0.15) is 11.5 Å². The van der Waals surface area contributed by atoms with Gasteiger partial charge in [0, 0.05) is 53.7 Å². The van der Waals surface area contributed by atoms with Crippen LogP contribution in [0.4, 0.5) is 5.69 Å². The lowest BCUT2D eigenvalue weighted by Crippen LogP contribution is -2.24. The fourth-order valence-electron chi connectivity index (χ4n) is 5.24. The van der Waals surface area contributed by atoms with Crippen LogP contribution in [0.1, 0.15) is 66.6 Å². The van der Waals surface area contributed by atoms with Crippen LogP contribution in [0.2, 0.25) is 0 Å². The third-order valence-electron chi connectivity index (χ3n) is 7.07. The second-order valence-electron chi connectivity index (χ2n) is 9.89. The third kappa shape index (κ3) is 4.65. The van der Waals surface area contributed by atoms with E-state index in [1.54, 1.807) is 4.40 Å². The van der Waals surface area contributed by atoms with Crippen molar-refractivity contribution in [3.05, 3.63) is 114 Å². The Kier molecular flexibility index (Phi) is 6.97. The van der Waals surface area contributed by atoms with Crippen molar-refractivity contribution >= 4 is 22.9 Å². The highest BCUT2D eigenvalue weighted by Gasteiger charge is 2.25. The fourth-order valence-corrected chi connectivity index (χ4v) is 5.24. The van der Waals surface area contributed by atoms with Crippen molar-refractivity contribution in [2.75, 3.05) is 5.32 Å². The molecule has 2 aromatic carbocycles. The van der Waals surface area contributed by atoms with Crippen molar-refractivity contribution in [2.24, 2.45) is 7.05 Å². The number of rotatable bonds is 8. The van der Waals surface area contributed by atoms with Crippen LogP contribution in [-0.4, -0.2) is 25.6 Å². The molecule has 1 unspecified atom stereocenters. The van der Waals surface area contributed by atoms with Crippen molar-refractivity contribution in [3.63, 3.8) is 0 Å². The number of benzene rings is 2. The van der Waals surface area contributed by atoms with Gasteiger partial charge in [-0.2, -0.15) is 0 Å². The summed E-state index contributed by atoms with van der Waals surface area (Å²) in [7, 11) is 2.05. The van der Waals surface area contributed by atoms with E-state index in [-0.39, 0.29) is 5.92 Å². The summed E-state index contributed by atoms with van der Waals surface area (Å²) in [4.78, 5) is 31.5. The Morgan fingerprint density at radius 2 is 1.71 bits per heavy atom. The van der Waals surface area contributed by atoms with Crippen LogP contribution in [-0.2, 0) is 11.8 Å². The highest BCUT2D eigenvalue weighted by atomic mass is 16.2. The second kappa shape index (κ2) is 10.5. The molecule has 6 nitrogen and oxygen atoms in total. The predicted octanol–water partition coefficient (Wildman–Crippen LogP) is 6.83. The van der Waals surface area contributed by atoms with E-state index < -0.39 is 11.7 Å². The number of fused-ring (bicyclic) bond motifs is 1. The predicted molar refractivity (Wildman–Crippen MR) is 152 cm³/mol. The number of nitrogens with one attached hydrogen (secondary N) is 1. The number of ketones is 1. The Bertz CT molecular complexity index is 1610. The quantitative estimate of drug-likeness (QED) is 0.186. The van der Waals surface area contributed by atoms with Crippen LogP contribution in [0.3, 0.4) is 0 Å². The minimum Gasteiger partial charge on any atom is -0.334 e. The molecule has 38 heavy (non-hydrogen) atoms. The van der Waals surface area contributed by atoms with Crippen LogP contribution in [0.25, 0.3) is 16.6 Å². The fraction of sp³-hybridized carbons (Fsp3) is 0.219. The Morgan fingerprint density at radius 1 is 0.947 bits per heavy atom. The number of hydrogen-bond donors (Lipinski definition) is 1. The Hall–Kier alpha value is -4.45. The molecule has 192 valence electrons. The minimum atomic E-state index is -0.668. The van der Waals surface area contributed by atoms with Crippen molar-refractivity contribution in [1.82, 2.24) is 14.0 Å². The van der Waals surface area contributed by atoms with Gasteiger partial charge in [-0.3, -0.25) is 9.59 Å².